The second-order valence-electron chi connectivity index (χ2n) is 8.12. The zero-order valence-corrected chi connectivity index (χ0v) is 24.1. The van der Waals surface area contributed by atoms with Crippen molar-refractivity contribution in [3.63, 3.8) is 0 Å². The molecule has 0 radical (unpaired) electrons. The Morgan fingerprint density at radius 1 is 1.14 bits per heavy atom. The number of hydrogen-bond donors (Lipinski definition) is 1. The van der Waals surface area contributed by atoms with Crippen LogP contribution < -0.4 is 5.56 Å². The van der Waals surface area contributed by atoms with Gasteiger partial charge in [-0.25, -0.2) is 8.42 Å². The van der Waals surface area contributed by atoms with Gasteiger partial charge >= 0.3 is 0 Å². The summed E-state index contributed by atoms with van der Waals surface area (Å²) in [5, 5.41) is 6.20. The van der Waals surface area contributed by atoms with E-state index < -0.39 is 15.1 Å². The van der Waals surface area contributed by atoms with Crippen LogP contribution in [0.1, 0.15) is 48.0 Å². The molecule has 0 amide bonds. The molecule has 1 aromatic carbocycles. The van der Waals surface area contributed by atoms with Crippen LogP contribution in [0.15, 0.2) is 40.3 Å². The predicted molar refractivity (Wildman–Crippen MR) is 145 cm³/mol. The van der Waals surface area contributed by atoms with Crippen LogP contribution >= 0.6 is 23.2 Å². The molecule has 36 heavy (non-hydrogen) atoms. The first-order valence-corrected chi connectivity index (χ1v) is 14.0. The molecule has 3 rings (SSSR count). The summed E-state index contributed by atoms with van der Waals surface area (Å²) in [5.74, 6) is 0. The Labute approximate surface area is 222 Å². The number of rotatable bonds is 7. The van der Waals surface area contributed by atoms with Gasteiger partial charge in [0, 0.05) is 36.8 Å². The van der Waals surface area contributed by atoms with E-state index in [9.17, 15) is 18.0 Å². The molecule has 0 bridgehead atoms. The third-order valence-corrected chi connectivity index (χ3v) is 7.07. The maximum Gasteiger partial charge on any atom is 0.266 e. The number of nitrogens with one attached hydrogen (secondary N) is 1. The van der Waals surface area contributed by atoms with E-state index in [4.69, 9.17) is 23.2 Å². The molecule has 0 unspecified atom stereocenters. The molecule has 0 aliphatic carbocycles. The van der Waals surface area contributed by atoms with Crippen LogP contribution in [0.2, 0.25) is 5.02 Å². The molecule has 12 heteroatoms. The van der Waals surface area contributed by atoms with E-state index in [1.54, 1.807) is 30.2 Å². The lowest BCUT2D eigenvalue weighted by molar-refractivity contribution is 0.108. The highest BCUT2D eigenvalue weighted by Crippen LogP contribution is 2.29. The SMILES string of the molecule is CCN(CC)CC.Cc1cc(=O)n(C)[nH]1.Cc1cnn(Cc2c(S(C)(=O)=O)ccc(C(=O)Cl)c2Cl)c1. The average Bonchev–Trinajstić information content (AvgIpc) is 3.33. The summed E-state index contributed by atoms with van der Waals surface area (Å²) in [6, 6.07) is 4.20. The van der Waals surface area contributed by atoms with Crippen LogP contribution in [0.25, 0.3) is 0 Å². The average molecular weight is 561 g/mol. The Kier molecular flexibility index (Phi) is 12.6. The van der Waals surface area contributed by atoms with Gasteiger partial charge in [0.05, 0.1) is 28.2 Å². The van der Waals surface area contributed by atoms with Crippen molar-refractivity contribution in [3.05, 3.63) is 68.4 Å². The van der Waals surface area contributed by atoms with E-state index in [2.05, 4.69) is 35.9 Å². The maximum absolute atomic E-state index is 11.9. The predicted octanol–water partition coefficient (Wildman–Crippen LogP) is 4.05. The summed E-state index contributed by atoms with van der Waals surface area (Å²) in [5.41, 5.74) is 2.22. The number of sulfone groups is 1. The van der Waals surface area contributed by atoms with Gasteiger partial charge in [-0.15, -0.1) is 0 Å². The van der Waals surface area contributed by atoms with E-state index in [0.717, 1.165) is 17.5 Å². The Morgan fingerprint density at radius 2 is 1.72 bits per heavy atom. The van der Waals surface area contributed by atoms with Crippen LogP contribution in [0, 0.1) is 13.8 Å². The Hall–Kier alpha value is -2.40. The molecule has 200 valence electrons. The molecule has 0 aliphatic heterocycles. The smallest absolute Gasteiger partial charge is 0.266 e. The van der Waals surface area contributed by atoms with Gasteiger partial charge in [0.2, 0.25) is 0 Å². The van der Waals surface area contributed by atoms with Crippen molar-refractivity contribution in [1.29, 1.82) is 0 Å². The number of benzene rings is 1. The highest BCUT2D eigenvalue weighted by molar-refractivity contribution is 7.90. The molecular weight excluding hydrogens is 525 g/mol. The number of carbonyl (C=O) groups excluding carboxylic acids is 1. The monoisotopic (exact) mass is 559 g/mol. The van der Waals surface area contributed by atoms with E-state index in [0.29, 0.717) is 5.56 Å². The summed E-state index contributed by atoms with van der Waals surface area (Å²) < 4.78 is 26.7. The first kappa shape index (κ1) is 31.6. The lowest BCUT2D eigenvalue weighted by Gasteiger charge is -2.13. The van der Waals surface area contributed by atoms with Gasteiger partial charge in [0.15, 0.2) is 9.84 Å². The van der Waals surface area contributed by atoms with Crippen molar-refractivity contribution >= 4 is 38.3 Å². The molecule has 0 aliphatic rings. The van der Waals surface area contributed by atoms with Gasteiger partial charge in [-0.05, 0) is 62.8 Å². The maximum atomic E-state index is 11.9. The van der Waals surface area contributed by atoms with Crippen LogP contribution in [-0.4, -0.2) is 64.0 Å². The number of carbonyl (C=O) groups is 1. The molecule has 9 nitrogen and oxygen atoms in total. The Balaban J connectivity index is 0.000000353. The number of halogens is 2. The van der Waals surface area contributed by atoms with E-state index in [1.165, 1.54) is 36.4 Å². The van der Waals surface area contributed by atoms with Gasteiger partial charge in [-0.2, -0.15) is 5.10 Å². The number of aryl methyl sites for hydroxylation is 3. The molecule has 0 saturated carbocycles. The zero-order valence-electron chi connectivity index (χ0n) is 21.8. The third-order valence-electron chi connectivity index (χ3n) is 5.25. The fraction of sp³-hybridized carbons (Fsp3) is 0.458. The van der Waals surface area contributed by atoms with Crippen LogP contribution in [0.3, 0.4) is 0 Å². The summed E-state index contributed by atoms with van der Waals surface area (Å²) in [6.45, 7) is 14.0. The largest absolute Gasteiger partial charge is 0.304 e. The van der Waals surface area contributed by atoms with Crippen molar-refractivity contribution in [3.8, 4) is 0 Å². The van der Waals surface area contributed by atoms with Crippen molar-refractivity contribution in [2.24, 2.45) is 7.05 Å². The van der Waals surface area contributed by atoms with E-state index in [-0.39, 0.29) is 27.6 Å². The van der Waals surface area contributed by atoms with Gasteiger partial charge in [-0.1, -0.05) is 32.4 Å². The molecule has 0 saturated heterocycles. The minimum absolute atomic E-state index is 0.0162. The van der Waals surface area contributed by atoms with Crippen LogP contribution in [0.4, 0.5) is 0 Å². The van der Waals surface area contributed by atoms with Gasteiger partial charge in [0.1, 0.15) is 0 Å². The second kappa shape index (κ2) is 14.4. The number of hydrogen-bond acceptors (Lipinski definition) is 6. The zero-order chi connectivity index (χ0) is 27.6. The Bertz CT molecular complexity index is 1300. The molecule has 2 aromatic heterocycles. The molecule has 3 aromatic rings. The third kappa shape index (κ3) is 9.57. The van der Waals surface area contributed by atoms with Crippen molar-refractivity contribution < 1.29 is 13.2 Å². The first-order valence-electron chi connectivity index (χ1n) is 11.4. The quantitative estimate of drug-likeness (QED) is 0.437. The number of nitrogens with zero attached hydrogens (tertiary/aromatic N) is 4. The normalized spacial score (nSPS) is 10.9. The van der Waals surface area contributed by atoms with E-state index in [1.807, 2.05) is 13.8 Å². The topological polar surface area (TPSA) is 110 Å². The van der Waals surface area contributed by atoms with Crippen LogP contribution in [0.5, 0.6) is 0 Å². The molecule has 0 spiro atoms. The lowest BCUT2D eigenvalue weighted by Crippen LogP contribution is -2.21. The van der Waals surface area contributed by atoms with Crippen LogP contribution in [-0.2, 0) is 23.4 Å². The minimum atomic E-state index is -3.49. The molecule has 1 N–H and O–H groups in total. The molecule has 0 fully saturated rings. The van der Waals surface area contributed by atoms with Gasteiger partial charge < -0.3 is 10.00 Å². The Morgan fingerprint density at radius 3 is 2.03 bits per heavy atom. The summed E-state index contributed by atoms with van der Waals surface area (Å²) in [4.78, 5) is 24.3. The highest BCUT2D eigenvalue weighted by atomic mass is 35.5. The summed E-state index contributed by atoms with van der Waals surface area (Å²) in [7, 11) is -1.80. The fourth-order valence-electron chi connectivity index (χ4n) is 3.27. The standard InChI is InChI=1S/C13H12Cl2N2O3S.C6H15N.C5H8N2O/c1-8-5-16-17(6-8)7-10-11(21(2,19)20)4-3-9(12(10)14)13(15)18;1-4-7(5-2)6-3;1-4-3-5(8)7(2)6-4/h3-6H,7H2,1-2H3;4-6H2,1-3H3;3,6H,1-2H3. The number of H-pyrrole nitrogens is 1. The summed E-state index contributed by atoms with van der Waals surface area (Å²) in [6.07, 6.45) is 4.47. The number of aromatic nitrogens is 4. The molecule has 0 atom stereocenters. The minimum Gasteiger partial charge on any atom is -0.304 e. The van der Waals surface area contributed by atoms with Gasteiger partial charge in [0.25, 0.3) is 10.8 Å². The lowest BCUT2D eigenvalue weighted by atomic mass is 10.1. The van der Waals surface area contributed by atoms with Crippen molar-refractivity contribution in [2.45, 2.75) is 46.1 Å². The fourth-order valence-corrected chi connectivity index (χ4v) is 4.77. The van der Waals surface area contributed by atoms with Crippen molar-refractivity contribution in [1.82, 2.24) is 24.5 Å². The highest BCUT2D eigenvalue weighted by Gasteiger charge is 2.21. The molecule has 2 heterocycles. The van der Waals surface area contributed by atoms with Gasteiger partial charge in [-0.3, -0.25) is 19.0 Å². The molecular formula is C24H35Cl2N5O4S. The number of aromatic amines is 1. The van der Waals surface area contributed by atoms with E-state index >= 15 is 0 Å². The van der Waals surface area contributed by atoms with Crippen molar-refractivity contribution in [2.75, 3.05) is 25.9 Å². The first-order chi connectivity index (χ1) is 16.7. The second-order valence-corrected chi connectivity index (χ2v) is 10.8. The summed E-state index contributed by atoms with van der Waals surface area (Å²) >= 11 is 11.6.